The third-order valence-corrected chi connectivity index (χ3v) is 8.67. The summed E-state index contributed by atoms with van der Waals surface area (Å²) in [6.45, 7) is -0.924. The number of aliphatic hydroxyl groups is 2. The summed E-state index contributed by atoms with van der Waals surface area (Å²) in [7, 11) is 6.87. The van der Waals surface area contributed by atoms with E-state index in [9.17, 15) is 24.3 Å². The Morgan fingerprint density at radius 3 is 1.19 bits per heavy atom. The maximum absolute atomic E-state index is 12.1. The van der Waals surface area contributed by atoms with Gasteiger partial charge >= 0.3 is 18.2 Å². The van der Waals surface area contributed by atoms with Crippen LogP contribution in [-0.2, 0) is 19.1 Å². The van der Waals surface area contributed by atoms with E-state index in [1.165, 1.54) is 4.90 Å². The van der Waals surface area contributed by atoms with Gasteiger partial charge in [-0.15, -0.1) is 0 Å². The molecule has 4 aromatic carbocycles. The highest BCUT2D eigenvalue weighted by molar-refractivity contribution is 5.86. The van der Waals surface area contributed by atoms with Crippen molar-refractivity contribution < 1.29 is 44.0 Å². The Labute approximate surface area is 308 Å². The summed E-state index contributed by atoms with van der Waals surface area (Å²) < 4.78 is 10.6. The van der Waals surface area contributed by atoms with E-state index in [-0.39, 0.29) is 31.0 Å². The fraction of sp³-hybridized carbons (Fsp3) is 0.300. The predicted molar refractivity (Wildman–Crippen MR) is 199 cm³/mol. The molecule has 2 aliphatic rings. The van der Waals surface area contributed by atoms with Crippen LogP contribution in [0.4, 0.5) is 9.59 Å². The first-order valence-electron chi connectivity index (χ1n) is 17.0. The highest BCUT2D eigenvalue weighted by atomic mass is 16.6. The molecular formula is C40H46N4O9. The summed E-state index contributed by atoms with van der Waals surface area (Å²) in [5.41, 5.74) is 8.89. The monoisotopic (exact) mass is 726 g/mol. The Morgan fingerprint density at radius 2 is 0.906 bits per heavy atom. The smallest absolute Gasteiger partial charge is 0.407 e. The maximum Gasteiger partial charge on any atom is 0.407 e. The molecule has 13 heteroatoms. The highest BCUT2D eigenvalue weighted by Gasteiger charge is 2.31. The molecule has 0 saturated heterocycles. The average Bonchev–Trinajstić information content (AvgIpc) is 3.66. The van der Waals surface area contributed by atoms with Gasteiger partial charge in [0.1, 0.15) is 19.3 Å². The number of rotatable bonds is 10. The molecule has 53 heavy (non-hydrogen) atoms. The summed E-state index contributed by atoms with van der Waals surface area (Å²) in [5.74, 6) is -1.85. The van der Waals surface area contributed by atoms with Crippen LogP contribution in [0, 0.1) is 0 Å². The van der Waals surface area contributed by atoms with Crippen LogP contribution in [0.2, 0.25) is 0 Å². The number of carbonyl (C=O) groups is 4. The highest BCUT2D eigenvalue weighted by Crippen LogP contribution is 2.45. The Kier molecular flexibility index (Phi) is 14.5. The van der Waals surface area contributed by atoms with Gasteiger partial charge in [-0.1, -0.05) is 97.1 Å². The quantitative estimate of drug-likeness (QED) is 0.141. The second-order valence-electron chi connectivity index (χ2n) is 12.5. The predicted octanol–water partition coefficient (Wildman–Crippen LogP) is 3.78. The van der Waals surface area contributed by atoms with Crippen LogP contribution in [0.1, 0.15) is 34.1 Å². The number of amides is 3. The Hall–Kier alpha value is -5.76. The molecule has 0 aliphatic heterocycles. The molecule has 6 N–H and O–H groups in total. The van der Waals surface area contributed by atoms with E-state index in [2.05, 4.69) is 28.1 Å². The zero-order valence-corrected chi connectivity index (χ0v) is 30.1. The van der Waals surface area contributed by atoms with Gasteiger partial charge in [-0.2, -0.15) is 0 Å². The van der Waals surface area contributed by atoms with Crippen molar-refractivity contribution in [1.82, 2.24) is 20.9 Å². The number of nitrogens with one attached hydrogen (secondary N) is 3. The minimum absolute atomic E-state index is 0.0507. The second kappa shape index (κ2) is 19.2. The largest absolute Gasteiger partial charge is 0.480 e. The fourth-order valence-corrected chi connectivity index (χ4v) is 6.25. The van der Waals surface area contributed by atoms with E-state index in [0.29, 0.717) is 0 Å². The van der Waals surface area contributed by atoms with Gasteiger partial charge in [-0.25, -0.2) is 14.4 Å². The molecule has 4 aromatic rings. The lowest BCUT2D eigenvalue weighted by Gasteiger charge is -2.20. The molecule has 0 fully saturated rings. The fourth-order valence-electron chi connectivity index (χ4n) is 6.25. The van der Waals surface area contributed by atoms with Crippen molar-refractivity contribution in [3.05, 3.63) is 119 Å². The van der Waals surface area contributed by atoms with Gasteiger partial charge < -0.3 is 45.6 Å². The summed E-state index contributed by atoms with van der Waals surface area (Å²) >= 11 is 0. The molecule has 6 rings (SSSR count). The van der Waals surface area contributed by atoms with Gasteiger partial charge in [0, 0.05) is 25.9 Å². The second-order valence-corrected chi connectivity index (χ2v) is 12.5. The first-order valence-corrected chi connectivity index (χ1v) is 17.0. The van der Waals surface area contributed by atoms with Gasteiger partial charge in [-0.05, 0) is 58.6 Å². The van der Waals surface area contributed by atoms with Crippen molar-refractivity contribution in [2.75, 3.05) is 54.6 Å². The lowest BCUT2D eigenvalue weighted by molar-refractivity contribution is -0.140. The number of carboxylic acid groups (broad SMARTS) is 1. The molecule has 2 unspecified atom stereocenters. The van der Waals surface area contributed by atoms with Crippen LogP contribution in [0.5, 0.6) is 0 Å². The number of aliphatic hydroxyl groups excluding tert-OH is 2. The van der Waals surface area contributed by atoms with Gasteiger partial charge in [0.15, 0.2) is 6.04 Å². The van der Waals surface area contributed by atoms with Gasteiger partial charge in [0.2, 0.25) is 5.91 Å². The first-order chi connectivity index (χ1) is 25.6. The minimum atomic E-state index is -1.37. The van der Waals surface area contributed by atoms with Crippen molar-refractivity contribution in [3.8, 4) is 22.3 Å². The molecular weight excluding hydrogens is 680 g/mol. The number of carbonyl (C=O) groups excluding carboxylic acids is 3. The van der Waals surface area contributed by atoms with Crippen molar-refractivity contribution >= 4 is 24.1 Å². The molecule has 280 valence electrons. The van der Waals surface area contributed by atoms with E-state index in [1.807, 2.05) is 99.0 Å². The maximum atomic E-state index is 12.1. The van der Waals surface area contributed by atoms with E-state index in [1.54, 1.807) is 14.1 Å². The molecule has 0 bridgehead atoms. The van der Waals surface area contributed by atoms with E-state index >= 15 is 0 Å². The lowest BCUT2D eigenvalue weighted by atomic mass is 9.98. The summed E-state index contributed by atoms with van der Waals surface area (Å²) in [5, 5.41) is 34.4. The van der Waals surface area contributed by atoms with Crippen molar-refractivity contribution in [3.63, 3.8) is 0 Å². The van der Waals surface area contributed by atoms with E-state index in [0.717, 1.165) is 44.5 Å². The molecule has 0 aromatic heterocycles. The average molecular weight is 727 g/mol. The number of hydrogen-bond acceptors (Lipinski definition) is 9. The number of benzene rings is 4. The lowest BCUT2D eigenvalue weighted by Crippen LogP contribution is -2.48. The molecule has 3 amide bonds. The molecule has 0 heterocycles. The molecule has 2 atom stereocenters. The number of fused-ring (bicyclic) bond motifs is 6. The number of hydrogen-bond donors (Lipinski definition) is 6. The van der Waals surface area contributed by atoms with Gasteiger partial charge in [-0.3, -0.25) is 4.79 Å². The molecule has 13 nitrogen and oxygen atoms in total. The van der Waals surface area contributed by atoms with E-state index < -0.39 is 43.5 Å². The topological polar surface area (TPSA) is 187 Å². The normalized spacial score (nSPS) is 13.2. The summed E-state index contributed by atoms with van der Waals surface area (Å²) in [6, 6.07) is 29.6. The van der Waals surface area contributed by atoms with Crippen molar-refractivity contribution in [2.45, 2.75) is 23.9 Å². The number of carboxylic acids is 1. The van der Waals surface area contributed by atoms with Crippen LogP contribution in [-0.4, -0.2) is 111 Å². The minimum Gasteiger partial charge on any atom is -0.480 e. The van der Waals surface area contributed by atoms with Gasteiger partial charge in [0.25, 0.3) is 0 Å². The number of aliphatic carboxylic acids is 1. The van der Waals surface area contributed by atoms with Gasteiger partial charge in [0.05, 0.1) is 13.2 Å². The number of nitrogens with zero attached hydrogens (tertiary/aromatic N) is 1. The number of alkyl carbamates (subject to hydrolysis) is 2. The Balaban J connectivity index is 0.000000221. The van der Waals surface area contributed by atoms with Crippen LogP contribution < -0.4 is 16.0 Å². The standard InChI is InChI=1S/C20H22N2O4.C18H17NO5.C2H7N/c1-22(2)19(24)18(11-23)21-20(25)26-12-17-15-9-5-3-7-13(15)14-8-4-6-10-16(14)17;20-9-16(17(21)22)19-18(23)24-10-15-13-7-3-1-5-11(13)12-6-2-4-8-14(12)15;1-3-2/h3-10,17-18,23H,11-12H2,1-2H3,(H,21,25);1-8,15-16,20H,9-10H2,(H,19,23)(H,21,22);3H,1-2H3. The Morgan fingerprint density at radius 1 is 0.604 bits per heavy atom. The SMILES string of the molecule is CN(C)C(=O)C(CO)NC(=O)OCC1c2ccccc2-c2ccccc21.CNC.O=C(NC(CO)C(=O)O)OCC1c2ccccc2-c2ccccc21. The van der Waals surface area contributed by atoms with Crippen molar-refractivity contribution in [2.24, 2.45) is 0 Å². The van der Waals surface area contributed by atoms with Crippen molar-refractivity contribution in [1.29, 1.82) is 0 Å². The van der Waals surface area contributed by atoms with Crippen LogP contribution >= 0.6 is 0 Å². The van der Waals surface area contributed by atoms with Crippen LogP contribution in [0.25, 0.3) is 22.3 Å². The van der Waals surface area contributed by atoms with Crippen LogP contribution in [0.3, 0.4) is 0 Å². The molecule has 0 radical (unpaired) electrons. The summed E-state index contributed by atoms with van der Waals surface area (Å²) in [4.78, 5) is 47.9. The van der Waals surface area contributed by atoms with Crippen LogP contribution in [0.15, 0.2) is 97.1 Å². The number of ether oxygens (including phenoxy) is 2. The Bertz CT molecular complexity index is 1790. The zero-order valence-electron chi connectivity index (χ0n) is 30.1. The third kappa shape index (κ3) is 9.77. The zero-order chi connectivity index (χ0) is 38.5. The molecule has 0 saturated carbocycles. The van der Waals surface area contributed by atoms with E-state index in [4.69, 9.17) is 19.7 Å². The molecule has 0 spiro atoms. The molecule has 2 aliphatic carbocycles. The first kappa shape index (κ1) is 40.0. The third-order valence-electron chi connectivity index (χ3n) is 8.67. The number of likely N-dealkylation sites (N-methyl/N-ethyl adjacent to an activating group) is 1. The summed E-state index contributed by atoms with van der Waals surface area (Å²) in [6.07, 6.45) is -1.58.